The maximum Gasteiger partial charge on any atom is 0.284 e. The standard InChI is InChI=1S/C19H26F2O2/c1-2-3-4-5-6-7-10-13-19(20,21)18-14-16(22)15-11-8-9-12-17(15)23-18/h8-9,11-12,18H,2-7,10,13-14H2,1H3. The van der Waals surface area contributed by atoms with Crippen LogP contribution in [0.5, 0.6) is 5.75 Å². The highest BCUT2D eigenvalue weighted by Gasteiger charge is 2.44. The number of Topliss-reactive ketones (excluding diaryl/α,β-unsaturated/α-hetero) is 1. The lowest BCUT2D eigenvalue weighted by Gasteiger charge is -2.31. The Balaban J connectivity index is 1.80. The zero-order chi connectivity index (χ0) is 16.7. The van der Waals surface area contributed by atoms with Crippen molar-refractivity contribution in [2.24, 2.45) is 0 Å². The Morgan fingerprint density at radius 2 is 1.74 bits per heavy atom. The highest BCUT2D eigenvalue weighted by molar-refractivity contribution is 5.99. The Labute approximate surface area is 137 Å². The lowest BCUT2D eigenvalue weighted by atomic mass is 9.94. The predicted molar refractivity (Wildman–Crippen MR) is 87.4 cm³/mol. The second kappa shape index (κ2) is 8.42. The van der Waals surface area contributed by atoms with E-state index in [0.29, 0.717) is 12.0 Å². The molecule has 0 N–H and O–H groups in total. The molecule has 2 rings (SSSR count). The largest absolute Gasteiger partial charge is 0.483 e. The van der Waals surface area contributed by atoms with Crippen LogP contribution in [0.1, 0.15) is 75.1 Å². The van der Waals surface area contributed by atoms with E-state index in [4.69, 9.17) is 4.74 Å². The Morgan fingerprint density at radius 3 is 2.48 bits per heavy atom. The number of hydrogen-bond donors (Lipinski definition) is 0. The minimum atomic E-state index is -2.95. The molecule has 0 fully saturated rings. The SMILES string of the molecule is CCCCCCCCCC(F)(F)C1CC(=O)c2ccccc2O1. The Kier molecular flexibility index (Phi) is 6.55. The van der Waals surface area contributed by atoms with Crippen LogP contribution in [0.4, 0.5) is 8.78 Å². The van der Waals surface area contributed by atoms with Crippen molar-refractivity contribution < 1.29 is 18.3 Å². The number of ether oxygens (including phenoxy) is 1. The van der Waals surface area contributed by atoms with E-state index < -0.39 is 12.0 Å². The van der Waals surface area contributed by atoms with Crippen LogP contribution in [-0.4, -0.2) is 17.8 Å². The predicted octanol–water partition coefficient (Wildman–Crippen LogP) is 5.80. The fourth-order valence-electron chi connectivity index (χ4n) is 2.99. The summed E-state index contributed by atoms with van der Waals surface area (Å²) in [6.45, 7) is 2.16. The van der Waals surface area contributed by atoms with Gasteiger partial charge in [-0.05, 0) is 18.6 Å². The van der Waals surface area contributed by atoms with E-state index in [1.807, 2.05) is 0 Å². The van der Waals surface area contributed by atoms with E-state index in [1.165, 1.54) is 19.3 Å². The molecular formula is C19H26F2O2. The third kappa shape index (κ3) is 5.02. The normalized spacial score (nSPS) is 17.7. The van der Waals surface area contributed by atoms with Gasteiger partial charge >= 0.3 is 0 Å². The second-order valence-corrected chi connectivity index (χ2v) is 6.36. The number of carbonyl (C=O) groups excluding carboxylic acids is 1. The second-order valence-electron chi connectivity index (χ2n) is 6.36. The Hall–Kier alpha value is -1.45. The molecule has 23 heavy (non-hydrogen) atoms. The lowest BCUT2D eigenvalue weighted by molar-refractivity contribution is -0.104. The van der Waals surface area contributed by atoms with Crippen LogP contribution >= 0.6 is 0 Å². The summed E-state index contributed by atoms with van der Waals surface area (Å²) < 4.78 is 34.1. The van der Waals surface area contributed by atoms with Gasteiger partial charge in [0.25, 0.3) is 5.92 Å². The summed E-state index contributed by atoms with van der Waals surface area (Å²) in [5.74, 6) is -2.92. The molecule has 4 heteroatoms. The molecule has 1 atom stereocenters. The molecule has 1 aromatic rings. The molecule has 0 aromatic heterocycles. The first-order valence-electron chi connectivity index (χ1n) is 8.71. The van der Waals surface area contributed by atoms with Crippen LogP contribution in [0.15, 0.2) is 24.3 Å². The number of para-hydroxylation sites is 1. The van der Waals surface area contributed by atoms with Gasteiger partial charge in [0.05, 0.1) is 12.0 Å². The average Bonchev–Trinajstić information content (AvgIpc) is 2.54. The van der Waals surface area contributed by atoms with Gasteiger partial charge in [-0.3, -0.25) is 4.79 Å². The van der Waals surface area contributed by atoms with E-state index in [-0.39, 0.29) is 24.4 Å². The van der Waals surface area contributed by atoms with Crippen LogP contribution in [0.25, 0.3) is 0 Å². The van der Waals surface area contributed by atoms with Gasteiger partial charge in [-0.15, -0.1) is 0 Å². The minimum absolute atomic E-state index is 0.207. The summed E-state index contributed by atoms with van der Waals surface area (Å²) in [6.07, 6.45) is 5.23. The summed E-state index contributed by atoms with van der Waals surface area (Å²) >= 11 is 0. The maximum atomic E-state index is 14.3. The van der Waals surface area contributed by atoms with Gasteiger partial charge < -0.3 is 4.74 Å². The zero-order valence-electron chi connectivity index (χ0n) is 13.8. The first kappa shape index (κ1) is 17.9. The van der Waals surface area contributed by atoms with E-state index in [0.717, 1.165) is 19.3 Å². The molecule has 0 radical (unpaired) electrons. The summed E-state index contributed by atoms with van der Waals surface area (Å²) in [7, 11) is 0. The number of hydrogen-bond acceptors (Lipinski definition) is 2. The van der Waals surface area contributed by atoms with Crippen LogP contribution in [0.2, 0.25) is 0 Å². The first-order valence-corrected chi connectivity index (χ1v) is 8.71. The van der Waals surface area contributed by atoms with Crippen molar-refractivity contribution in [2.45, 2.75) is 76.7 Å². The summed E-state index contributed by atoms with van der Waals surface area (Å²) in [5.41, 5.74) is 0.412. The summed E-state index contributed by atoms with van der Waals surface area (Å²) in [6, 6.07) is 6.63. The third-order valence-electron chi connectivity index (χ3n) is 4.41. The number of unbranched alkanes of at least 4 members (excludes halogenated alkanes) is 6. The molecule has 0 saturated carbocycles. The molecule has 0 amide bonds. The fraction of sp³-hybridized carbons (Fsp3) is 0.632. The van der Waals surface area contributed by atoms with Crippen molar-refractivity contribution in [1.82, 2.24) is 0 Å². The van der Waals surface area contributed by atoms with E-state index in [9.17, 15) is 13.6 Å². The number of rotatable bonds is 9. The van der Waals surface area contributed by atoms with Gasteiger partial charge in [-0.2, -0.15) is 0 Å². The van der Waals surface area contributed by atoms with Crippen molar-refractivity contribution in [1.29, 1.82) is 0 Å². The van der Waals surface area contributed by atoms with Crippen molar-refractivity contribution in [2.75, 3.05) is 0 Å². The maximum absolute atomic E-state index is 14.3. The van der Waals surface area contributed by atoms with Gasteiger partial charge in [-0.1, -0.05) is 57.6 Å². The molecule has 0 bridgehead atoms. The number of fused-ring (bicyclic) bond motifs is 1. The van der Waals surface area contributed by atoms with E-state index in [1.54, 1.807) is 24.3 Å². The number of carbonyl (C=O) groups is 1. The zero-order valence-corrected chi connectivity index (χ0v) is 13.8. The van der Waals surface area contributed by atoms with Crippen LogP contribution in [-0.2, 0) is 0 Å². The molecular weight excluding hydrogens is 298 g/mol. The van der Waals surface area contributed by atoms with Gasteiger partial charge in [-0.25, -0.2) is 8.78 Å². The molecule has 1 aromatic carbocycles. The van der Waals surface area contributed by atoms with Gasteiger partial charge in [0.1, 0.15) is 5.75 Å². The van der Waals surface area contributed by atoms with Crippen molar-refractivity contribution in [3.8, 4) is 5.75 Å². The highest BCUT2D eigenvalue weighted by Crippen LogP contribution is 2.36. The number of ketones is 1. The number of halogens is 2. The average molecular weight is 324 g/mol. The molecule has 1 aliphatic heterocycles. The van der Waals surface area contributed by atoms with Crippen LogP contribution in [0, 0.1) is 0 Å². The Bertz CT molecular complexity index is 514. The first-order chi connectivity index (χ1) is 11.0. The summed E-state index contributed by atoms with van der Waals surface area (Å²) in [4.78, 5) is 12.0. The molecule has 0 aliphatic carbocycles. The van der Waals surface area contributed by atoms with E-state index in [2.05, 4.69) is 6.92 Å². The fourth-order valence-corrected chi connectivity index (χ4v) is 2.99. The highest BCUT2D eigenvalue weighted by atomic mass is 19.3. The van der Waals surface area contributed by atoms with Gasteiger partial charge in [0.15, 0.2) is 11.9 Å². The third-order valence-corrected chi connectivity index (χ3v) is 4.41. The molecule has 0 saturated heterocycles. The lowest BCUT2D eigenvalue weighted by Crippen LogP contribution is -2.42. The monoisotopic (exact) mass is 324 g/mol. The van der Waals surface area contributed by atoms with Crippen molar-refractivity contribution in [3.05, 3.63) is 29.8 Å². The van der Waals surface area contributed by atoms with Crippen molar-refractivity contribution >= 4 is 5.78 Å². The topological polar surface area (TPSA) is 26.3 Å². The number of alkyl halides is 2. The molecule has 128 valence electrons. The Morgan fingerprint density at radius 1 is 1.09 bits per heavy atom. The quantitative estimate of drug-likeness (QED) is 0.537. The number of benzene rings is 1. The van der Waals surface area contributed by atoms with Gasteiger partial charge in [0, 0.05) is 6.42 Å². The molecule has 2 nitrogen and oxygen atoms in total. The van der Waals surface area contributed by atoms with Crippen LogP contribution in [0.3, 0.4) is 0 Å². The summed E-state index contributed by atoms with van der Waals surface area (Å²) in [5, 5.41) is 0. The molecule has 0 spiro atoms. The van der Waals surface area contributed by atoms with Crippen LogP contribution < -0.4 is 4.74 Å². The van der Waals surface area contributed by atoms with Gasteiger partial charge in [0.2, 0.25) is 0 Å². The molecule has 1 aliphatic rings. The molecule has 1 unspecified atom stereocenters. The molecule has 1 heterocycles. The minimum Gasteiger partial charge on any atom is -0.483 e. The van der Waals surface area contributed by atoms with Crippen molar-refractivity contribution in [3.63, 3.8) is 0 Å². The smallest absolute Gasteiger partial charge is 0.284 e. The van der Waals surface area contributed by atoms with E-state index >= 15 is 0 Å².